The Kier molecular flexibility index (Phi) is 2.65. The normalized spacial score (nSPS) is 9.50. The summed E-state index contributed by atoms with van der Waals surface area (Å²) < 4.78 is 0.968. The summed E-state index contributed by atoms with van der Waals surface area (Å²) in [6.07, 6.45) is 0. The van der Waals surface area contributed by atoms with Crippen molar-refractivity contribution in [1.82, 2.24) is 0 Å². The molecule has 1 aromatic rings. The Morgan fingerprint density at radius 3 is 2.92 bits per heavy atom. The molecule has 0 aromatic carbocycles. The smallest absolute Gasteiger partial charge is 0.304 e. The van der Waals surface area contributed by atoms with Crippen LogP contribution >= 0.6 is 15.9 Å². The molecular formula is C7H7BrN2O2. The van der Waals surface area contributed by atoms with Gasteiger partial charge in [0.25, 0.3) is 5.82 Å². The lowest BCUT2D eigenvalue weighted by Gasteiger charge is -2.07. The largest absolute Gasteiger partial charge is 0.710 e. The summed E-state index contributed by atoms with van der Waals surface area (Å²) in [5.74, 6) is -0.0467. The molecule has 0 aliphatic rings. The van der Waals surface area contributed by atoms with Gasteiger partial charge in [0, 0.05) is 13.0 Å². The van der Waals surface area contributed by atoms with Crippen LogP contribution in [0.3, 0.4) is 0 Å². The first kappa shape index (κ1) is 8.99. The fraction of sp³-hybridized carbons (Fsp3) is 0.143. The summed E-state index contributed by atoms with van der Waals surface area (Å²) in [6.45, 7) is 1.35. The molecule has 5 heteroatoms. The van der Waals surface area contributed by atoms with E-state index >= 15 is 0 Å². The fourth-order valence-corrected chi connectivity index (χ4v) is 1.09. The number of anilines is 1. The zero-order valence-electron chi connectivity index (χ0n) is 6.37. The standard InChI is InChI=1S/C7H7BrN2O2/c1-5(11)9-7-4-2-3-6(8)10(7)12/h2-4H,1H3,(H,9,11). The molecular weight excluding hydrogens is 224 g/mol. The summed E-state index contributed by atoms with van der Waals surface area (Å²) in [4.78, 5) is 10.6. The van der Waals surface area contributed by atoms with Crippen molar-refractivity contribution in [1.29, 1.82) is 0 Å². The summed E-state index contributed by atoms with van der Waals surface area (Å²) in [6, 6.07) is 4.79. The molecule has 4 nitrogen and oxygen atoms in total. The van der Waals surface area contributed by atoms with E-state index in [1.165, 1.54) is 13.0 Å². The van der Waals surface area contributed by atoms with Gasteiger partial charge in [-0.2, -0.15) is 0 Å². The molecule has 64 valence electrons. The van der Waals surface area contributed by atoms with Crippen molar-refractivity contribution < 1.29 is 9.52 Å². The van der Waals surface area contributed by atoms with Crippen LogP contribution in [0.25, 0.3) is 0 Å². The second kappa shape index (κ2) is 3.53. The summed E-state index contributed by atoms with van der Waals surface area (Å²) in [5.41, 5.74) is 0. The summed E-state index contributed by atoms with van der Waals surface area (Å²) in [5, 5.41) is 13.6. The zero-order valence-corrected chi connectivity index (χ0v) is 7.96. The van der Waals surface area contributed by atoms with Crippen LogP contribution in [0.15, 0.2) is 22.8 Å². The van der Waals surface area contributed by atoms with Crippen molar-refractivity contribution in [3.8, 4) is 0 Å². The minimum absolute atomic E-state index is 0.219. The summed E-state index contributed by atoms with van der Waals surface area (Å²) >= 11 is 3.04. The van der Waals surface area contributed by atoms with Crippen molar-refractivity contribution in [2.45, 2.75) is 6.92 Å². The van der Waals surface area contributed by atoms with E-state index < -0.39 is 0 Å². The Labute approximate surface area is 77.9 Å². The van der Waals surface area contributed by atoms with Gasteiger partial charge >= 0.3 is 5.91 Å². The molecule has 1 rings (SSSR count). The van der Waals surface area contributed by atoms with E-state index in [4.69, 9.17) is 0 Å². The molecule has 0 spiro atoms. The summed E-state index contributed by atoms with van der Waals surface area (Å²) in [7, 11) is 0. The highest BCUT2D eigenvalue weighted by Gasteiger charge is 2.07. The monoisotopic (exact) mass is 230 g/mol. The molecule has 0 aliphatic heterocycles. The van der Waals surface area contributed by atoms with Gasteiger partial charge in [0.05, 0.1) is 0 Å². The Hall–Kier alpha value is -1.10. The van der Waals surface area contributed by atoms with E-state index in [1.807, 2.05) is 0 Å². The predicted octanol–water partition coefficient (Wildman–Crippen LogP) is 1.04. The van der Waals surface area contributed by atoms with Crippen molar-refractivity contribution in [3.05, 3.63) is 28.0 Å². The number of rotatable bonds is 1. The molecule has 0 bridgehead atoms. The van der Waals surface area contributed by atoms with E-state index in [2.05, 4.69) is 21.2 Å². The Bertz CT molecular complexity index is 314. The molecule has 0 saturated heterocycles. The van der Waals surface area contributed by atoms with Gasteiger partial charge in [-0.1, -0.05) is 0 Å². The van der Waals surface area contributed by atoms with Crippen LogP contribution in [0.1, 0.15) is 6.92 Å². The van der Waals surface area contributed by atoms with Crippen molar-refractivity contribution in [2.24, 2.45) is 0 Å². The number of hydrogen-bond donors (Lipinski definition) is 1. The lowest BCUT2D eigenvalue weighted by atomic mass is 10.4. The third kappa shape index (κ3) is 1.94. The van der Waals surface area contributed by atoms with Crippen LogP contribution in [0.5, 0.6) is 0 Å². The van der Waals surface area contributed by atoms with Gasteiger partial charge < -0.3 is 5.21 Å². The molecule has 12 heavy (non-hydrogen) atoms. The van der Waals surface area contributed by atoms with E-state index in [1.54, 1.807) is 12.1 Å². The first-order valence-corrected chi connectivity index (χ1v) is 4.06. The fourth-order valence-electron chi connectivity index (χ4n) is 0.742. The minimum Gasteiger partial charge on any atom is -0.710 e. The average molecular weight is 231 g/mol. The number of pyridine rings is 1. The van der Waals surface area contributed by atoms with Gasteiger partial charge in [0.1, 0.15) is 0 Å². The van der Waals surface area contributed by atoms with E-state index in [0.29, 0.717) is 9.33 Å². The number of nitrogens with one attached hydrogen (secondary N) is 1. The number of carbonyl (C=O) groups is 1. The third-order valence-electron chi connectivity index (χ3n) is 1.20. The van der Waals surface area contributed by atoms with Gasteiger partial charge in [-0.15, -0.1) is 0 Å². The highest BCUT2D eigenvalue weighted by atomic mass is 79.9. The molecule has 0 unspecified atom stereocenters. The van der Waals surface area contributed by atoms with Crippen LogP contribution in [0, 0.1) is 5.21 Å². The number of hydrogen-bond acceptors (Lipinski definition) is 2. The van der Waals surface area contributed by atoms with Crippen molar-refractivity contribution >= 4 is 27.7 Å². The average Bonchev–Trinajstić information content (AvgIpc) is 1.98. The first-order chi connectivity index (χ1) is 5.61. The highest BCUT2D eigenvalue weighted by molar-refractivity contribution is 9.10. The molecule has 0 saturated carbocycles. The predicted molar refractivity (Wildman–Crippen MR) is 47.4 cm³/mol. The molecule has 0 radical (unpaired) electrons. The molecule has 1 aromatic heterocycles. The lowest BCUT2D eigenvalue weighted by molar-refractivity contribution is -0.602. The number of halogens is 1. The minimum atomic E-state index is -0.266. The van der Waals surface area contributed by atoms with E-state index in [0.717, 1.165) is 0 Å². The molecule has 1 N–H and O–H groups in total. The van der Waals surface area contributed by atoms with Crippen LogP contribution in [0.4, 0.5) is 5.82 Å². The Balaban J connectivity index is 3.00. The van der Waals surface area contributed by atoms with Crippen molar-refractivity contribution in [3.63, 3.8) is 0 Å². The van der Waals surface area contributed by atoms with Gasteiger partial charge in [-0.3, -0.25) is 0 Å². The van der Waals surface area contributed by atoms with Crippen molar-refractivity contribution in [2.75, 3.05) is 5.32 Å². The Morgan fingerprint density at radius 2 is 2.33 bits per heavy atom. The second-order valence-electron chi connectivity index (χ2n) is 2.21. The lowest BCUT2D eigenvalue weighted by Crippen LogP contribution is -2.33. The maximum Gasteiger partial charge on any atom is 0.304 e. The zero-order chi connectivity index (χ0) is 9.14. The second-order valence-corrected chi connectivity index (χ2v) is 3.02. The van der Waals surface area contributed by atoms with Crippen LogP contribution in [-0.2, 0) is 4.79 Å². The molecule has 1 heterocycles. The number of carbonyl (C=O) groups excluding carboxylic acids is 1. The maximum absolute atomic E-state index is 11.2. The molecule has 0 aliphatic carbocycles. The van der Waals surface area contributed by atoms with Crippen LogP contribution < -0.4 is 10.0 Å². The van der Waals surface area contributed by atoms with Gasteiger partial charge in [0.15, 0.2) is 4.60 Å². The van der Waals surface area contributed by atoms with Gasteiger partial charge in [-0.25, -0.2) is 14.8 Å². The number of amides is 1. The van der Waals surface area contributed by atoms with Crippen LogP contribution in [-0.4, -0.2) is 5.91 Å². The third-order valence-corrected chi connectivity index (χ3v) is 1.79. The van der Waals surface area contributed by atoms with Crippen LogP contribution in [0.2, 0.25) is 0 Å². The topological polar surface area (TPSA) is 56.0 Å². The first-order valence-electron chi connectivity index (χ1n) is 3.27. The molecule has 0 fully saturated rings. The van der Waals surface area contributed by atoms with E-state index in [-0.39, 0.29) is 11.7 Å². The van der Waals surface area contributed by atoms with Gasteiger partial charge in [0.2, 0.25) is 0 Å². The molecule has 1 amide bonds. The molecule has 0 atom stereocenters. The number of aromatic nitrogens is 1. The highest BCUT2D eigenvalue weighted by Crippen LogP contribution is 2.06. The van der Waals surface area contributed by atoms with Gasteiger partial charge in [-0.05, 0) is 28.1 Å². The Morgan fingerprint density at radius 1 is 1.67 bits per heavy atom. The van der Waals surface area contributed by atoms with E-state index in [9.17, 15) is 10.0 Å². The maximum atomic E-state index is 11.2. The SMILES string of the molecule is CC(=O)Nc1cccc(Br)[n+]1[O-]. The number of nitrogens with zero attached hydrogens (tertiary/aromatic N) is 1. The quantitative estimate of drug-likeness (QED) is 0.446.